The third kappa shape index (κ3) is 3.63. The van der Waals surface area contributed by atoms with Gasteiger partial charge in [0.05, 0.1) is 16.7 Å². The van der Waals surface area contributed by atoms with Crippen LogP contribution in [0.15, 0.2) is 18.2 Å². The number of nitrogens with one attached hydrogen (secondary N) is 1. The summed E-state index contributed by atoms with van der Waals surface area (Å²) < 4.78 is 0. The minimum atomic E-state index is 0.130. The maximum Gasteiger partial charge on any atom is 0.0595 e. The molecule has 0 radical (unpaired) electrons. The Hall–Kier alpha value is -0.280. The quantitative estimate of drug-likeness (QED) is 0.853. The first-order valence-electron chi connectivity index (χ1n) is 5.35. The van der Waals surface area contributed by atoms with Gasteiger partial charge in [-0.3, -0.25) is 0 Å². The molecule has 0 saturated heterocycles. The van der Waals surface area contributed by atoms with Gasteiger partial charge in [-0.25, -0.2) is 0 Å². The maximum atomic E-state index is 8.83. The SMILES string of the molecule is CC(C)C(NCCO)c1ccc(Cl)c(Cl)c1. The molecule has 16 heavy (non-hydrogen) atoms. The van der Waals surface area contributed by atoms with E-state index in [1.165, 1.54) is 0 Å². The van der Waals surface area contributed by atoms with Crippen LogP contribution in [0.25, 0.3) is 0 Å². The monoisotopic (exact) mass is 261 g/mol. The number of aliphatic hydroxyl groups is 1. The van der Waals surface area contributed by atoms with Gasteiger partial charge >= 0.3 is 0 Å². The van der Waals surface area contributed by atoms with E-state index in [9.17, 15) is 0 Å². The Morgan fingerprint density at radius 1 is 1.25 bits per heavy atom. The van der Waals surface area contributed by atoms with Gasteiger partial charge in [0.25, 0.3) is 0 Å². The Morgan fingerprint density at radius 2 is 1.94 bits per heavy atom. The van der Waals surface area contributed by atoms with Gasteiger partial charge in [0.2, 0.25) is 0 Å². The molecule has 0 bridgehead atoms. The van der Waals surface area contributed by atoms with E-state index in [0.717, 1.165) is 5.56 Å². The van der Waals surface area contributed by atoms with E-state index in [4.69, 9.17) is 28.3 Å². The van der Waals surface area contributed by atoms with E-state index in [1.54, 1.807) is 6.07 Å². The van der Waals surface area contributed by atoms with Gasteiger partial charge in [0.15, 0.2) is 0 Å². The summed E-state index contributed by atoms with van der Waals surface area (Å²) in [6.45, 7) is 4.95. The highest BCUT2D eigenvalue weighted by atomic mass is 35.5. The fraction of sp³-hybridized carbons (Fsp3) is 0.500. The second-order valence-corrected chi connectivity index (χ2v) is 4.89. The van der Waals surface area contributed by atoms with E-state index in [1.807, 2.05) is 12.1 Å². The molecule has 90 valence electrons. The van der Waals surface area contributed by atoms with Gasteiger partial charge < -0.3 is 10.4 Å². The van der Waals surface area contributed by atoms with Crippen LogP contribution in [-0.2, 0) is 0 Å². The average molecular weight is 262 g/mol. The lowest BCUT2D eigenvalue weighted by Crippen LogP contribution is -2.28. The topological polar surface area (TPSA) is 32.3 Å². The molecule has 1 rings (SSSR count). The number of aliphatic hydroxyl groups excluding tert-OH is 1. The van der Waals surface area contributed by atoms with Crippen LogP contribution in [-0.4, -0.2) is 18.3 Å². The normalized spacial score (nSPS) is 13.1. The smallest absolute Gasteiger partial charge is 0.0595 e. The fourth-order valence-corrected chi connectivity index (χ4v) is 1.97. The highest BCUT2D eigenvalue weighted by molar-refractivity contribution is 6.42. The Labute approximate surface area is 107 Å². The van der Waals surface area contributed by atoms with Crippen LogP contribution >= 0.6 is 23.2 Å². The van der Waals surface area contributed by atoms with Crippen LogP contribution in [0.1, 0.15) is 25.5 Å². The molecule has 1 aromatic carbocycles. The molecule has 1 unspecified atom stereocenters. The second-order valence-electron chi connectivity index (χ2n) is 4.07. The molecule has 0 amide bonds. The van der Waals surface area contributed by atoms with Crippen LogP contribution in [0.3, 0.4) is 0 Å². The number of benzene rings is 1. The zero-order valence-corrected chi connectivity index (χ0v) is 11.0. The Balaban J connectivity index is 2.88. The van der Waals surface area contributed by atoms with Crippen molar-refractivity contribution < 1.29 is 5.11 Å². The van der Waals surface area contributed by atoms with Crippen LogP contribution in [0.4, 0.5) is 0 Å². The lowest BCUT2D eigenvalue weighted by molar-refractivity contribution is 0.274. The molecular formula is C12H17Cl2NO. The first-order valence-corrected chi connectivity index (χ1v) is 6.11. The lowest BCUT2D eigenvalue weighted by Gasteiger charge is -2.23. The van der Waals surface area contributed by atoms with E-state index in [-0.39, 0.29) is 12.6 Å². The van der Waals surface area contributed by atoms with E-state index in [0.29, 0.717) is 22.5 Å². The van der Waals surface area contributed by atoms with Crippen LogP contribution in [0.2, 0.25) is 10.0 Å². The summed E-state index contributed by atoms with van der Waals surface area (Å²) in [6, 6.07) is 5.82. The summed E-state index contributed by atoms with van der Waals surface area (Å²) in [5.74, 6) is 0.420. The van der Waals surface area contributed by atoms with E-state index < -0.39 is 0 Å². The van der Waals surface area contributed by atoms with E-state index >= 15 is 0 Å². The lowest BCUT2D eigenvalue weighted by atomic mass is 9.96. The van der Waals surface area contributed by atoms with Crippen LogP contribution < -0.4 is 5.32 Å². The van der Waals surface area contributed by atoms with Crippen LogP contribution in [0, 0.1) is 5.92 Å². The van der Waals surface area contributed by atoms with Crippen molar-refractivity contribution in [2.75, 3.05) is 13.2 Å². The number of rotatable bonds is 5. The largest absolute Gasteiger partial charge is 0.395 e. The minimum absolute atomic E-state index is 0.130. The summed E-state index contributed by atoms with van der Waals surface area (Å²) in [5, 5.41) is 13.2. The van der Waals surface area contributed by atoms with Crippen molar-refractivity contribution in [2.24, 2.45) is 5.92 Å². The van der Waals surface area contributed by atoms with Crippen molar-refractivity contribution in [1.82, 2.24) is 5.32 Å². The molecule has 1 aromatic rings. The average Bonchev–Trinajstić information content (AvgIpc) is 2.23. The molecule has 0 saturated carbocycles. The Kier molecular flexibility index (Phi) is 5.56. The predicted molar refractivity (Wildman–Crippen MR) is 69.1 cm³/mol. The number of hydrogen-bond donors (Lipinski definition) is 2. The van der Waals surface area contributed by atoms with Gasteiger partial charge in [-0.1, -0.05) is 43.1 Å². The highest BCUT2D eigenvalue weighted by Gasteiger charge is 2.15. The molecule has 1 atom stereocenters. The van der Waals surface area contributed by atoms with Crippen molar-refractivity contribution >= 4 is 23.2 Å². The molecule has 0 aliphatic rings. The zero-order valence-electron chi connectivity index (χ0n) is 9.50. The minimum Gasteiger partial charge on any atom is -0.395 e. The summed E-state index contributed by atoms with van der Waals surface area (Å²) in [4.78, 5) is 0. The Morgan fingerprint density at radius 3 is 2.44 bits per heavy atom. The standard InChI is InChI=1S/C12H17Cl2NO/c1-8(2)12(15-5-6-16)9-3-4-10(13)11(14)7-9/h3-4,7-8,12,15-16H,5-6H2,1-2H3. The maximum absolute atomic E-state index is 8.83. The van der Waals surface area contributed by atoms with Crippen LogP contribution in [0.5, 0.6) is 0 Å². The number of hydrogen-bond acceptors (Lipinski definition) is 2. The first-order chi connectivity index (χ1) is 7.56. The Bertz CT molecular complexity index is 342. The third-order valence-electron chi connectivity index (χ3n) is 2.45. The predicted octanol–water partition coefficient (Wildman–Crippen LogP) is 3.27. The molecule has 4 heteroatoms. The van der Waals surface area contributed by atoms with Crippen molar-refractivity contribution in [1.29, 1.82) is 0 Å². The van der Waals surface area contributed by atoms with Gasteiger partial charge in [-0.15, -0.1) is 0 Å². The fourth-order valence-electron chi connectivity index (χ4n) is 1.66. The molecule has 0 aliphatic carbocycles. The molecule has 0 spiro atoms. The van der Waals surface area contributed by atoms with Crippen molar-refractivity contribution in [3.8, 4) is 0 Å². The molecule has 0 heterocycles. The van der Waals surface area contributed by atoms with Crippen molar-refractivity contribution in [3.63, 3.8) is 0 Å². The van der Waals surface area contributed by atoms with Gasteiger partial charge in [-0.05, 0) is 23.6 Å². The van der Waals surface area contributed by atoms with Gasteiger partial charge in [0, 0.05) is 12.6 Å². The summed E-state index contributed by atoms with van der Waals surface area (Å²) in [5.41, 5.74) is 1.10. The van der Waals surface area contributed by atoms with Gasteiger partial charge in [-0.2, -0.15) is 0 Å². The third-order valence-corrected chi connectivity index (χ3v) is 3.18. The zero-order chi connectivity index (χ0) is 12.1. The molecule has 2 N–H and O–H groups in total. The summed E-state index contributed by atoms with van der Waals surface area (Å²) in [6.07, 6.45) is 0. The summed E-state index contributed by atoms with van der Waals surface area (Å²) in [7, 11) is 0. The van der Waals surface area contributed by atoms with Gasteiger partial charge in [0.1, 0.15) is 0 Å². The molecule has 0 aromatic heterocycles. The van der Waals surface area contributed by atoms with E-state index in [2.05, 4.69) is 19.2 Å². The molecule has 0 aliphatic heterocycles. The molecular weight excluding hydrogens is 245 g/mol. The summed E-state index contributed by atoms with van der Waals surface area (Å²) >= 11 is 11.9. The molecule has 2 nitrogen and oxygen atoms in total. The first kappa shape index (κ1) is 13.8. The highest BCUT2D eigenvalue weighted by Crippen LogP contribution is 2.28. The second kappa shape index (κ2) is 6.45. The number of halogens is 2. The van der Waals surface area contributed by atoms with Crippen molar-refractivity contribution in [3.05, 3.63) is 33.8 Å². The van der Waals surface area contributed by atoms with Crippen molar-refractivity contribution in [2.45, 2.75) is 19.9 Å². The molecule has 0 fully saturated rings.